The molecular formula is C14H24N2O2S. The Balaban J connectivity index is 2.76. The van der Waals surface area contributed by atoms with Crippen molar-refractivity contribution in [3.8, 4) is 0 Å². The van der Waals surface area contributed by atoms with Gasteiger partial charge in [0.2, 0.25) is 0 Å². The smallest absolute Gasteiger partial charge is 0.270 e. The molecule has 0 fully saturated rings. The van der Waals surface area contributed by atoms with Gasteiger partial charge in [-0.1, -0.05) is 34.6 Å². The molecule has 0 aliphatic rings. The highest BCUT2D eigenvalue weighted by molar-refractivity contribution is 7.09. The van der Waals surface area contributed by atoms with Crippen molar-refractivity contribution in [3.05, 3.63) is 16.1 Å². The fourth-order valence-corrected chi connectivity index (χ4v) is 2.56. The van der Waals surface area contributed by atoms with E-state index in [1.165, 1.54) is 11.3 Å². The van der Waals surface area contributed by atoms with E-state index in [-0.39, 0.29) is 24.0 Å². The predicted octanol–water partition coefficient (Wildman–Crippen LogP) is 2.79. The van der Waals surface area contributed by atoms with Gasteiger partial charge in [-0.25, -0.2) is 4.98 Å². The molecule has 1 rings (SSSR count). The van der Waals surface area contributed by atoms with Crippen LogP contribution >= 0.6 is 11.3 Å². The van der Waals surface area contributed by atoms with Gasteiger partial charge in [-0.2, -0.15) is 0 Å². The summed E-state index contributed by atoms with van der Waals surface area (Å²) in [6, 6.07) is -0.0609. The molecule has 0 spiro atoms. The van der Waals surface area contributed by atoms with Gasteiger partial charge in [-0.3, -0.25) is 4.79 Å². The second kappa shape index (κ2) is 6.48. The molecule has 0 bridgehead atoms. The quantitative estimate of drug-likeness (QED) is 0.874. The molecule has 0 aliphatic heterocycles. The number of hydrogen-bond acceptors (Lipinski definition) is 4. The van der Waals surface area contributed by atoms with Gasteiger partial charge in [0, 0.05) is 23.9 Å². The summed E-state index contributed by atoms with van der Waals surface area (Å²) >= 11 is 1.51. The number of carbonyl (C=O) groups is 1. The molecule has 4 nitrogen and oxygen atoms in total. The lowest BCUT2D eigenvalue weighted by Crippen LogP contribution is -2.44. The molecule has 108 valence electrons. The van der Waals surface area contributed by atoms with E-state index in [1.54, 1.807) is 5.38 Å². The third kappa shape index (κ3) is 4.58. The number of aromatic nitrogens is 1. The first kappa shape index (κ1) is 16.1. The van der Waals surface area contributed by atoms with Crippen LogP contribution in [0, 0.1) is 5.41 Å². The third-order valence-electron chi connectivity index (χ3n) is 3.02. The van der Waals surface area contributed by atoms with E-state index >= 15 is 0 Å². The maximum atomic E-state index is 12.2. The Bertz CT molecular complexity index is 421. The van der Waals surface area contributed by atoms with E-state index in [9.17, 15) is 4.79 Å². The molecule has 2 N–H and O–H groups in total. The standard InChI is InChI=1S/C14H24N2O2S/c1-9(2)13-15-10(8-19-13)12(18)16-11(6-7-17)14(3,4)5/h8-9,11,17H,6-7H2,1-5H3,(H,16,18). The fourth-order valence-electron chi connectivity index (χ4n) is 1.74. The normalized spacial score (nSPS) is 13.6. The predicted molar refractivity (Wildman–Crippen MR) is 78.6 cm³/mol. The van der Waals surface area contributed by atoms with Crippen molar-refractivity contribution < 1.29 is 9.90 Å². The number of aliphatic hydroxyl groups is 1. The van der Waals surface area contributed by atoms with E-state index in [1.807, 2.05) is 20.8 Å². The largest absolute Gasteiger partial charge is 0.396 e. The summed E-state index contributed by atoms with van der Waals surface area (Å²) in [6.45, 7) is 10.3. The Hall–Kier alpha value is -0.940. The van der Waals surface area contributed by atoms with Crippen LogP contribution in [0.5, 0.6) is 0 Å². The van der Waals surface area contributed by atoms with Crippen molar-refractivity contribution in [1.82, 2.24) is 10.3 Å². The van der Waals surface area contributed by atoms with Crippen LogP contribution in [0.1, 0.15) is 62.5 Å². The summed E-state index contributed by atoms with van der Waals surface area (Å²) in [6.07, 6.45) is 0.552. The van der Waals surface area contributed by atoms with Gasteiger partial charge in [0.05, 0.1) is 5.01 Å². The Morgan fingerprint density at radius 2 is 2.11 bits per heavy atom. The van der Waals surface area contributed by atoms with E-state index < -0.39 is 0 Å². The van der Waals surface area contributed by atoms with Gasteiger partial charge in [-0.15, -0.1) is 11.3 Å². The highest BCUT2D eigenvalue weighted by Gasteiger charge is 2.26. The van der Waals surface area contributed by atoms with Crippen molar-refractivity contribution >= 4 is 17.2 Å². The summed E-state index contributed by atoms with van der Waals surface area (Å²) in [4.78, 5) is 16.5. The Morgan fingerprint density at radius 1 is 1.47 bits per heavy atom. The minimum atomic E-state index is -0.156. The molecule has 1 amide bonds. The Morgan fingerprint density at radius 3 is 2.53 bits per heavy atom. The van der Waals surface area contributed by atoms with Gasteiger partial charge in [0.25, 0.3) is 5.91 Å². The van der Waals surface area contributed by atoms with Gasteiger partial charge < -0.3 is 10.4 Å². The summed E-state index contributed by atoms with van der Waals surface area (Å²) in [5.74, 6) is 0.180. The van der Waals surface area contributed by atoms with Crippen LogP contribution < -0.4 is 5.32 Å². The summed E-state index contributed by atoms with van der Waals surface area (Å²) in [5.41, 5.74) is 0.385. The zero-order valence-corrected chi connectivity index (χ0v) is 13.2. The van der Waals surface area contributed by atoms with Crippen LogP contribution in [0.2, 0.25) is 0 Å². The van der Waals surface area contributed by atoms with E-state index in [0.717, 1.165) is 5.01 Å². The summed E-state index contributed by atoms with van der Waals surface area (Å²) < 4.78 is 0. The number of thiazole rings is 1. The van der Waals surface area contributed by atoms with Crippen LogP contribution in [0.3, 0.4) is 0 Å². The lowest BCUT2D eigenvalue weighted by molar-refractivity contribution is 0.0880. The minimum absolute atomic E-state index is 0.0609. The molecule has 0 aliphatic carbocycles. The lowest BCUT2D eigenvalue weighted by Gasteiger charge is -2.30. The molecule has 5 heteroatoms. The van der Waals surface area contributed by atoms with Crippen molar-refractivity contribution in [2.24, 2.45) is 5.41 Å². The molecule has 1 unspecified atom stereocenters. The second-order valence-corrected chi connectivity index (χ2v) is 7.02. The van der Waals surface area contributed by atoms with Crippen LogP contribution in [0.25, 0.3) is 0 Å². The minimum Gasteiger partial charge on any atom is -0.396 e. The van der Waals surface area contributed by atoms with Gasteiger partial charge >= 0.3 is 0 Å². The van der Waals surface area contributed by atoms with Crippen molar-refractivity contribution in [1.29, 1.82) is 0 Å². The molecule has 1 aromatic rings. The van der Waals surface area contributed by atoms with Gasteiger partial charge in [-0.05, 0) is 11.8 Å². The molecule has 0 saturated heterocycles. The summed E-state index contributed by atoms with van der Waals surface area (Å²) in [7, 11) is 0. The molecule has 1 heterocycles. The second-order valence-electron chi connectivity index (χ2n) is 6.13. The maximum Gasteiger partial charge on any atom is 0.270 e. The number of nitrogens with one attached hydrogen (secondary N) is 1. The highest BCUT2D eigenvalue weighted by atomic mass is 32.1. The first-order valence-corrected chi connectivity index (χ1v) is 7.50. The highest BCUT2D eigenvalue weighted by Crippen LogP contribution is 2.23. The molecule has 1 aromatic heterocycles. The third-order valence-corrected chi connectivity index (χ3v) is 4.16. The molecule has 0 saturated carbocycles. The van der Waals surface area contributed by atoms with E-state index in [0.29, 0.717) is 18.0 Å². The topological polar surface area (TPSA) is 62.2 Å². The number of nitrogens with zero attached hydrogens (tertiary/aromatic N) is 1. The zero-order chi connectivity index (χ0) is 14.6. The monoisotopic (exact) mass is 284 g/mol. The molecule has 0 radical (unpaired) electrons. The average molecular weight is 284 g/mol. The summed E-state index contributed by atoms with van der Waals surface area (Å²) in [5, 5.41) is 14.8. The van der Waals surface area contributed by atoms with Crippen LogP contribution in [0.15, 0.2) is 5.38 Å². The first-order chi connectivity index (χ1) is 8.75. The molecule has 1 atom stereocenters. The van der Waals surface area contributed by atoms with Crippen molar-refractivity contribution in [2.75, 3.05) is 6.61 Å². The SMILES string of the molecule is CC(C)c1nc(C(=O)NC(CCO)C(C)(C)C)cs1. The first-order valence-electron chi connectivity index (χ1n) is 6.63. The number of amides is 1. The average Bonchev–Trinajstić information content (AvgIpc) is 2.76. The number of hydrogen-bond donors (Lipinski definition) is 2. The number of carbonyl (C=O) groups excluding carboxylic acids is 1. The van der Waals surface area contributed by atoms with Gasteiger partial charge in [0.15, 0.2) is 0 Å². The maximum absolute atomic E-state index is 12.2. The Kier molecular flexibility index (Phi) is 5.50. The van der Waals surface area contributed by atoms with Gasteiger partial charge in [0.1, 0.15) is 5.69 Å². The van der Waals surface area contributed by atoms with Crippen molar-refractivity contribution in [3.63, 3.8) is 0 Å². The number of aliphatic hydroxyl groups excluding tert-OH is 1. The van der Waals surface area contributed by atoms with Crippen LogP contribution in [0.4, 0.5) is 0 Å². The van der Waals surface area contributed by atoms with Crippen LogP contribution in [-0.4, -0.2) is 28.6 Å². The Labute approximate surface area is 119 Å². The number of rotatable bonds is 5. The van der Waals surface area contributed by atoms with E-state index in [4.69, 9.17) is 5.11 Å². The lowest BCUT2D eigenvalue weighted by atomic mass is 9.85. The zero-order valence-electron chi connectivity index (χ0n) is 12.4. The molecule has 19 heavy (non-hydrogen) atoms. The van der Waals surface area contributed by atoms with Crippen molar-refractivity contribution in [2.45, 2.75) is 53.0 Å². The molecular weight excluding hydrogens is 260 g/mol. The fraction of sp³-hybridized carbons (Fsp3) is 0.714. The van der Waals surface area contributed by atoms with E-state index in [2.05, 4.69) is 24.1 Å². The molecule has 0 aromatic carbocycles. The van der Waals surface area contributed by atoms with Crippen LogP contribution in [-0.2, 0) is 0 Å².